The molecule has 4 unspecified atom stereocenters. The summed E-state index contributed by atoms with van der Waals surface area (Å²) in [7, 11) is 0. The second kappa shape index (κ2) is 4.84. The molecule has 98 valence electrons. The Balaban J connectivity index is 1.53. The summed E-state index contributed by atoms with van der Waals surface area (Å²) in [6.45, 7) is 2.39. The van der Waals surface area contributed by atoms with Gasteiger partial charge in [0, 0.05) is 32.1 Å². The topological polar surface area (TPSA) is 53.7 Å². The van der Waals surface area contributed by atoms with Crippen LogP contribution in [-0.4, -0.2) is 43.7 Å². The Hall–Kier alpha value is -0.160. The van der Waals surface area contributed by atoms with Crippen LogP contribution in [0.3, 0.4) is 0 Å². The van der Waals surface area contributed by atoms with E-state index in [2.05, 4.69) is 0 Å². The van der Waals surface area contributed by atoms with Gasteiger partial charge in [0.1, 0.15) is 0 Å². The quantitative estimate of drug-likeness (QED) is 0.790. The van der Waals surface area contributed by atoms with Gasteiger partial charge in [0.25, 0.3) is 0 Å². The molecule has 0 bridgehead atoms. The molecule has 0 aromatic rings. The average molecular weight is 241 g/mol. The lowest BCUT2D eigenvalue weighted by atomic mass is 9.91. The minimum absolute atomic E-state index is 0.0381. The summed E-state index contributed by atoms with van der Waals surface area (Å²) in [5.41, 5.74) is 5.88. The van der Waals surface area contributed by atoms with Gasteiger partial charge in [-0.1, -0.05) is 0 Å². The molecule has 2 aliphatic heterocycles. The van der Waals surface area contributed by atoms with Crippen LogP contribution in [0.15, 0.2) is 0 Å². The monoisotopic (exact) mass is 241 g/mol. The Morgan fingerprint density at radius 3 is 2.76 bits per heavy atom. The van der Waals surface area contributed by atoms with Crippen molar-refractivity contribution in [3.63, 3.8) is 0 Å². The normalized spacial score (nSPS) is 46.8. The van der Waals surface area contributed by atoms with E-state index in [0.717, 1.165) is 58.3 Å². The third-order valence-electron chi connectivity index (χ3n) is 4.32. The second-order valence-electron chi connectivity index (χ2n) is 5.78. The maximum absolute atomic E-state index is 6.19. The van der Waals surface area contributed by atoms with Crippen molar-refractivity contribution < 1.29 is 14.2 Å². The first-order valence-corrected chi connectivity index (χ1v) is 6.89. The van der Waals surface area contributed by atoms with Crippen LogP contribution in [0, 0.1) is 0 Å². The lowest BCUT2D eigenvalue weighted by molar-refractivity contribution is -0.146. The molecule has 3 rings (SSSR count). The van der Waals surface area contributed by atoms with E-state index in [0.29, 0.717) is 18.2 Å². The standard InChI is InChI=1S/C13H23NO3/c14-10-1-2-11(7-10)17-12-3-5-16-13(8-12)4-6-15-9-13/h10-12H,1-9,14H2. The van der Waals surface area contributed by atoms with Crippen molar-refractivity contribution >= 4 is 0 Å². The van der Waals surface area contributed by atoms with Gasteiger partial charge in [0.15, 0.2) is 0 Å². The summed E-state index contributed by atoms with van der Waals surface area (Å²) in [6.07, 6.45) is 7.04. The molecule has 0 radical (unpaired) electrons. The number of hydrogen-bond donors (Lipinski definition) is 1. The fraction of sp³-hybridized carbons (Fsp3) is 1.00. The minimum Gasteiger partial charge on any atom is -0.378 e. The van der Waals surface area contributed by atoms with Gasteiger partial charge in [-0.2, -0.15) is 0 Å². The SMILES string of the molecule is NC1CCC(OC2CCOC3(CCOC3)C2)C1. The molecule has 0 aromatic carbocycles. The first kappa shape index (κ1) is 11.9. The molecule has 0 aromatic heterocycles. The van der Waals surface area contributed by atoms with Crippen molar-refractivity contribution in [1.82, 2.24) is 0 Å². The van der Waals surface area contributed by atoms with Crippen molar-refractivity contribution in [2.45, 2.75) is 62.4 Å². The third-order valence-corrected chi connectivity index (χ3v) is 4.32. The molecular formula is C13H23NO3. The van der Waals surface area contributed by atoms with Crippen LogP contribution in [0.1, 0.15) is 38.5 Å². The van der Waals surface area contributed by atoms with Crippen LogP contribution in [0.25, 0.3) is 0 Å². The van der Waals surface area contributed by atoms with Crippen LogP contribution in [0.2, 0.25) is 0 Å². The molecular weight excluding hydrogens is 218 g/mol. The van der Waals surface area contributed by atoms with Gasteiger partial charge in [-0.15, -0.1) is 0 Å². The molecule has 3 fully saturated rings. The zero-order valence-corrected chi connectivity index (χ0v) is 10.4. The highest BCUT2D eigenvalue weighted by molar-refractivity contribution is 4.91. The van der Waals surface area contributed by atoms with Crippen molar-refractivity contribution in [2.24, 2.45) is 5.73 Å². The Kier molecular flexibility index (Phi) is 3.39. The van der Waals surface area contributed by atoms with Crippen LogP contribution >= 0.6 is 0 Å². The lowest BCUT2D eigenvalue weighted by Crippen LogP contribution is -2.44. The summed E-state index contributed by atoms with van der Waals surface area (Å²) in [5, 5.41) is 0. The van der Waals surface area contributed by atoms with Gasteiger partial charge in [-0.05, 0) is 25.7 Å². The zero-order valence-electron chi connectivity index (χ0n) is 10.4. The average Bonchev–Trinajstić information content (AvgIpc) is 2.89. The van der Waals surface area contributed by atoms with E-state index in [-0.39, 0.29) is 5.60 Å². The lowest BCUT2D eigenvalue weighted by Gasteiger charge is -2.37. The van der Waals surface area contributed by atoms with E-state index in [9.17, 15) is 0 Å². The molecule has 2 N–H and O–H groups in total. The van der Waals surface area contributed by atoms with Crippen LogP contribution < -0.4 is 5.73 Å². The number of nitrogens with two attached hydrogens (primary N) is 1. The van der Waals surface area contributed by atoms with E-state index in [1.54, 1.807) is 0 Å². The smallest absolute Gasteiger partial charge is 0.0961 e. The Morgan fingerprint density at radius 1 is 1.12 bits per heavy atom. The highest BCUT2D eigenvalue weighted by Gasteiger charge is 2.42. The summed E-state index contributed by atoms with van der Waals surface area (Å²) >= 11 is 0. The molecule has 4 atom stereocenters. The molecule has 17 heavy (non-hydrogen) atoms. The molecule has 2 heterocycles. The Morgan fingerprint density at radius 2 is 2.06 bits per heavy atom. The van der Waals surface area contributed by atoms with Gasteiger partial charge in [0.2, 0.25) is 0 Å². The molecule has 2 saturated heterocycles. The maximum atomic E-state index is 6.19. The molecule has 1 saturated carbocycles. The van der Waals surface area contributed by atoms with E-state index in [1.165, 1.54) is 0 Å². The fourth-order valence-corrected chi connectivity index (χ4v) is 3.33. The molecule has 3 aliphatic rings. The van der Waals surface area contributed by atoms with E-state index >= 15 is 0 Å². The predicted molar refractivity (Wildman–Crippen MR) is 63.8 cm³/mol. The van der Waals surface area contributed by atoms with Crippen molar-refractivity contribution in [2.75, 3.05) is 19.8 Å². The Bertz CT molecular complexity index is 265. The highest BCUT2D eigenvalue weighted by atomic mass is 16.6. The number of rotatable bonds is 2. The largest absolute Gasteiger partial charge is 0.378 e. The summed E-state index contributed by atoms with van der Waals surface area (Å²) in [6, 6.07) is 0.351. The molecule has 1 aliphatic carbocycles. The zero-order chi connectivity index (χ0) is 11.7. The predicted octanol–water partition coefficient (Wildman–Crippen LogP) is 1.22. The van der Waals surface area contributed by atoms with Crippen LogP contribution in [0.4, 0.5) is 0 Å². The van der Waals surface area contributed by atoms with Gasteiger partial charge in [-0.3, -0.25) is 0 Å². The minimum atomic E-state index is -0.0381. The first-order valence-electron chi connectivity index (χ1n) is 6.89. The van der Waals surface area contributed by atoms with Gasteiger partial charge in [-0.25, -0.2) is 0 Å². The van der Waals surface area contributed by atoms with Crippen LogP contribution in [-0.2, 0) is 14.2 Å². The number of hydrogen-bond acceptors (Lipinski definition) is 4. The van der Waals surface area contributed by atoms with Crippen molar-refractivity contribution in [1.29, 1.82) is 0 Å². The first-order chi connectivity index (χ1) is 8.26. The molecule has 1 spiro atoms. The Labute approximate surface area is 103 Å². The second-order valence-corrected chi connectivity index (χ2v) is 5.78. The molecule has 4 nitrogen and oxygen atoms in total. The summed E-state index contributed by atoms with van der Waals surface area (Å²) < 4.78 is 17.6. The van der Waals surface area contributed by atoms with Crippen molar-refractivity contribution in [3.8, 4) is 0 Å². The van der Waals surface area contributed by atoms with Crippen LogP contribution in [0.5, 0.6) is 0 Å². The maximum Gasteiger partial charge on any atom is 0.0961 e. The van der Waals surface area contributed by atoms with Crippen molar-refractivity contribution in [3.05, 3.63) is 0 Å². The summed E-state index contributed by atoms with van der Waals surface area (Å²) in [4.78, 5) is 0. The fourth-order valence-electron chi connectivity index (χ4n) is 3.33. The van der Waals surface area contributed by atoms with Gasteiger partial charge >= 0.3 is 0 Å². The number of ether oxygens (including phenoxy) is 3. The van der Waals surface area contributed by atoms with Gasteiger partial charge in [0.05, 0.1) is 24.4 Å². The van der Waals surface area contributed by atoms with E-state index < -0.39 is 0 Å². The van der Waals surface area contributed by atoms with E-state index in [4.69, 9.17) is 19.9 Å². The molecule has 4 heteroatoms. The summed E-state index contributed by atoms with van der Waals surface area (Å²) in [5.74, 6) is 0. The third kappa shape index (κ3) is 2.65. The highest BCUT2D eigenvalue weighted by Crippen LogP contribution is 2.35. The van der Waals surface area contributed by atoms with Gasteiger partial charge < -0.3 is 19.9 Å². The van der Waals surface area contributed by atoms with E-state index in [1.807, 2.05) is 0 Å². The molecule has 0 amide bonds.